The average Bonchev–Trinajstić information content (AvgIpc) is 2.23. The first-order chi connectivity index (χ1) is 7.51. The number of methoxy groups -OCH3 is 1. The summed E-state index contributed by atoms with van der Waals surface area (Å²) in [5.74, 6) is -2.66. The van der Waals surface area contributed by atoms with Gasteiger partial charge in [-0.1, -0.05) is 0 Å². The number of hydrogen-bond acceptors (Lipinski definition) is 4. The second-order valence-electron chi connectivity index (χ2n) is 3.01. The predicted molar refractivity (Wildman–Crippen MR) is 54.3 cm³/mol. The number of amides is 1. The van der Waals surface area contributed by atoms with Crippen LogP contribution in [0.15, 0.2) is 6.07 Å². The summed E-state index contributed by atoms with van der Waals surface area (Å²) in [6.07, 6.45) is 0.281. The van der Waals surface area contributed by atoms with Crippen molar-refractivity contribution in [2.45, 2.75) is 6.92 Å². The molecule has 0 saturated carbocycles. The first-order valence-corrected chi connectivity index (χ1v) is 4.33. The smallest absolute Gasteiger partial charge is 0.221 e. The van der Waals surface area contributed by atoms with Crippen molar-refractivity contribution in [3.8, 4) is 11.5 Å². The van der Waals surface area contributed by atoms with E-state index in [9.17, 15) is 19.1 Å². The summed E-state index contributed by atoms with van der Waals surface area (Å²) < 4.78 is 18.2. The monoisotopic (exact) mass is 227 g/mol. The number of carbonyl (C=O) groups excluding carboxylic acids is 2. The highest BCUT2D eigenvalue weighted by molar-refractivity contribution is 5.93. The Labute approximate surface area is 90.8 Å². The van der Waals surface area contributed by atoms with Crippen LogP contribution >= 0.6 is 0 Å². The highest BCUT2D eigenvalue weighted by Gasteiger charge is 2.18. The second-order valence-corrected chi connectivity index (χ2v) is 3.01. The Balaban J connectivity index is 3.40. The Hall–Kier alpha value is -2.11. The highest BCUT2D eigenvalue weighted by atomic mass is 19.1. The molecule has 0 fully saturated rings. The number of anilines is 1. The zero-order chi connectivity index (χ0) is 12.3. The predicted octanol–water partition coefficient (Wildman–Crippen LogP) is 1.31. The molecule has 0 aliphatic rings. The minimum absolute atomic E-state index is 0.00704. The van der Waals surface area contributed by atoms with E-state index in [2.05, 4.69) is 5.32 Å². The molecule has 2 N–H and O–H groups in total. The Morgan fingerprint density at radius 3 is 2.69 bits per heavy atom. The van der Waals surface area contributed by atoms with Crippen LogP contribution in [0.2, 0.25) is 0 Å². The van der Waals surface area contributed by atoms with Crippen molar-refractivity contribution in [3.63, 3.8) is 0 Å². The fourth-order valence-electron chi connectivity index (χ4n) is 1.21. The van der Waals surface area contributed by atoms with Gasteiger partial charge in [0, 0.05) is 6.92 Å². The van der Waals surface area contributed by atoms with Gasteiger partial charge in [0.05, 0.1) is 18.4 Å². The van der Waals surface area contributed by atoms with E-state index in [1.807, 2.05) is 0 Å². The highest BCUT2D eigenvalue weighted by Crippen LogP contribution is 2.35. The molecule has 0 saturated heterocycles. The van der Waals surface area contributed by atoms with E-state index in [0.29, 0.717) is 0 Å². The maximum absolute atomic E-state index is 13.5. The largest absolute Gasteiger partial charge is 0.504 e. The lowest BCUT2D eigenvalue weighted by Crippen LogP contribution is -2.09. The molecule has 1 aromatic carbocycles. The summed E-state index contributed by atoms with van der Waals surface area (Å²) in [4.78, 5) is 21.4. The van der Waals surface area contributed by atoms with Crippen molar-refractivity contribution in [1.82, 2.24) is 0 Å². The minimum Gasteiger partial charge on any atom is -0.504 e. The van der Waals surface area contributed by atoms with Crippen LogP contribution in [0, 0.1) is 5.82 Å². The number of phenols is 1. The number of halogens is 1. The molecular formula is C10H10FNO4. The topological polar surface area (TPSA) is 75.6 Å². The van der Waals surface area contributed by atoms with Crippen LogP contribution in [0.25, 0.3) is 0 Å². The summed E-state index contributed by atoms with van der Waals surface area (Å²) in [7, 11) is 1.18. The summed E-state index contributed by atoms with van der Waals surface area (Å²) in [6.45, 7) is 1.23. The summed E-state index contributed by atoms with van der Waals surface area (Å²) >= 11 is 0. The van der Waals surface area contributed by atoms with Gasteiger partial charge < -0.3 is 15.2 Å². The molecule has 0 unspecified atom stereocenters. The lowest BCUT2D eigenvalue weighted by atomic mass is 10.1. The fraction of sp³-hybridized carbons (Fsp3) is 0.200. The molecule has 16 heavy (non-hydrogen) atoms. The number of ether oxygens (including phenoxy) is 1. The molecule has 0 radical (unpaired) electrons. The maximum Gasteiger partial charge on any atom is 0.221 e. The van der Waals surface area contributed by atoms with E-state index in [4.69, 9.17) is 4.74 Å². The van der Waals surface area contributed by atoms with Gasteiger partial charge in [-0.2, -0.15) is 4.39 Å². The van der Waals surface area contributed by atoms with Crippen molar-refractivity contribution >= 4 is 17.9 Å². The molecule has 5 nitrogen and oxygen atoms in total. The second kappa shape index (κ2) is 4.61. The average molecular weight is 227 g/mol. The molecule has 1 aromatic rings. The SMILES string of the molecule is COc1c(NC(C)=O)cc(C=O)c(O)c1F. The Kier molecular flexibility index (Phi) is 3.44. The van der Waals surface area contributed by atoms with E-state index in [1.54, 1.807) is 0 Å². The molecule has 0 aromatic heterocycles. The minimum atomic E-state index is -1.09. The molecule has 0 atom stereocenters. The zero-order valence-corrected chi connectivity index (χ0v) is 8.70. The van der Waals surface area contributed by atoms with Crippen molar-refractivity contribution in [3.05, 3.63) is 17.4 Å². The zero-order valence-electron chi connectivity index (χ0n) is 8.70. The van der Waals surface area contributed by atoms with Gasteiger partial charge in [-0.05, 0) is 6.07 Å². The lowest BCUT2D eigenvalue weighted by Gasteiger charge is -2.11. The molecular weight excluding hydrogens is 217 g/mol. The quantitative estimate of drug-likeness (QED) is 0.603. The van der Waals surface area contributed by atoms with Crippen LogP contribution in [-0.2, 0) is 4.79 Å². The number of aromatic hydroxyl groups is 1. The maximum atomic E-state index is 13.5. The Morgan fingerprint density at radius 2 is 2.25 bits per heavy atom. The van der Waals surface area contributed by atoms with Crippen LogP contribution < -0.4 is 10.1 Å². The van der Waals surface area contributed by atoms with Crippen LogP contribution in [-0.4, -0.2) is 24.4 Å². The fourth-order valence-corrected chi connectivity index (χ4v) is 1.21. The molecule has 0 spiro atoms. The van der Waals surface area contributed by atoms with Gasteiger partial charge in [-0.3, -0.25) is 9.59 Å². The first-order valence-electron chi connectivity index (χ1n) is 4.33. The van der Waals surface area contributed by atoms with Crippen molar-refractivity contribution in [2.24, 2.45) is 0 Å². The third kappa shape index (κ3) is 2.10. The third-order valence-corrected chi connectivity index (χ3v) is 1.87. The van der Waals surface area contributed by atoms with E-state index in [-0.39, 0.29) is 23.3 Å². The Bertz CT molecular complexity index is 445. The number of phenolic OH excluding ortho intramolecular Hbond substituents is 1. The molecule has 0 heterocycles. The molecule has 1 amide bonds. The number of nitrogens with one attached hydrogen (secondary N) is 1. The molecule has 86 valence electrons. The molecule has 6 heteroatoms. The van der Waals surface area contributed by atoms with Crippen molar-refractivity contribution in [1.29, 1.82) is 0 Å². The first kappa shape index (κ1) is 12.0. The van der Waals surface area contributed by atoms with Gasteiger partial charge >= 0.3 is 0 Å². The normalized spacial score (nSPS) is 9.69. The molecule has 0 bridgehead atoms. The Morgan fingerprint density at radius 1 is 1.62 bits per heavy atom. The summed E-state index contributed by atoms with van der Waals surface area (Å²) in [5.41, 5.74) is -0.269. The number of benzene rings is 1. The van der Waals surface area contributed by atoms with Gasteiger partial charge in [-0.25, -0.2) is 0 Å². The third-order valence-electron chi connectivity index (χ3n) is 1.87. The number of aldehydes is 1. The molecule has 0 aliphatic heterocycles. The number of rotatable bonds is 3. The molecule has 0 aliphatic carbocycles. The van der Waals surface area contributed by atoms with E-state index < -0.39 is 17.5 Å². The van der Waals surface area contributed by atoms with Gasteiger partial charge in [0.2, 0.25) is 11.7 Å². The molecule has 1 rings (SSSR count). The van der Waals surface area contributed by atoms with Crippen LogP contribution in [0.5, 0.6) is 11.5 Å². The van der Waals surface area contributed by atoms with Crippen LogP contribution in [0.4, 0.5) is 10.1 Å². The van der Waals surface area contributed by atoms with Crippen LogP contribution in [0.3, 0.4) is 0 Å². The van der Waals surface area contributed by atoms with Gasteiger partial charge in [0.25, 0.3) is 0 Å². The number of hydrogen-bond donors (Lipinski definition) is 2. The van der Waals surface area contributed by atoms with Gasteiger partial charge in [-0.15, -0.1) is 0 Å². The number of carbonyl (C=O) groups is 2. The van der Waals surface area contributed by atoms with Crippen LogP contribution in [0.1, 0.15) is 17.3 Å². The van der Waals surface area contributed by atoms with Gasteiger partial charge in [0.1, 0.15) is 0 Å². The standard InChI is InChI=1S/C10H10FNO4/c1-5(14)12-7-3-6(4-13)9(15)8(11)10(7)16-2/h3-4,15H,1-2H3,(H,12,14). The van der Waals surface area contributed by atoms with E-state index in [1.165, 1.54) is 14.0 Å². The van der Waals surface area contributed by atoms with Crippen molar-refractivity contribution in [2.75, 3.05) is 12.4 Å². The van der Waals surface area contributed by atoms with E-state index in [0.717, 1.165) is 6.07 Å². The summed E-state index contributed by atoms with van der Waals surface area (Å²) in [6, 6.07) is 1.13. The summed E-state index contributed by atoms with van der Waals surface area (Å²) in [5, 5.41) is 11.6. The lowest BCUT2D eigenvalue weighted by molar-refractivity contribution is -0.114. The van der Waals surface area contributed by atoms with E-state index >= 15 is 0 Å². The van der Waals surface area contributed by atoms with Gasteiger partial charge in [0.15, 0.2) is 17.8 Å². The van der Waals surface area contributed by atoms with Crippen molar-refractivity contribution < 1.29 is 23.8 Å².